The Kier molecular flexibility index (Phi) is 15.6. The molecule has 7 heteroatoms. The SMILES string of the molecule is CCCCC/C=C/C/C=C/COc1cccc(C(SCCC(=O)O)SCCC(=O)O)c1. The summed E-state index contributed by atoms with van der Waals surface area (Å²) >= 11 is 3.04. The first-order valence-corrected chi connectivity index (χ1v) is 12.8. The van der Waals surface area contributed by atoms with Gasteiger partial charge in [-0.1, -0.05) is 56.2 Å². The van der Waals surface area contributed by atoms with Crippen molar-refractivity contribution in [3.05, 3.63) is 54.1 Å². The molecule has 5 nitrogen and oxygen atoms in total. The van der Waals surface area contributed by atoms with Gasteiger partial charge in [-0.2, -0.15) is 0 Å². The number of carboxylic acids is 2. The number of carbonyl (C=O) groups is 2. The van der Waals surface area contributed by atoms with E-state index in [0.29, 0.717) is 18.1 Å². The molecule has 31 heavy (non-hydrogen) atoms. The van der Waals surface area contributed by atoms with E-state index >= 15 is 0 Å². The van der Waals surface area contributed by atoms with Gasteiger partial charge in [-0.3, -0.25) is 9.59 Å². The summed E-state index contributed by atoms with van der Waals surface area (Å²) in [5, 5.41) is 17.8. The van der Waals surface area contributed by atoms with E-state index in [4.69, 9.17) is 14.9 Å². The molecule has 0 aliphatic carbocycles. The van der Waals surface area contributed by atoms with Crippen molar-refractivity contribution >= 4 is 35.5 Å². The lowest BCUT2D eigenvalue weighted by atomic mass is 10.2. The third kappa shape index (κ3) is 14.7. The summed E-state index contributed by atoms with van der Waals surface area (Å²) in [5.74, 6) is 0.0301. The van der Waals surface area contributed by atoms with Crippen LogP contribution in [0.3, 0.4) is 0 Å². The predicted octanol–water partition coefficient (Wildman–Crippen LogP) is 6.56. The highest BCUT2D eigenvalue weighted by Crippen LogP contribution is 2.41. The van der Waals surface area contributed by atoms with Crippen molar-refractivity contribution in [1.82, 2.24) is 0 Å². The Bertz CT molecular complexity index is 683. The van der Waals surface area contributed by atoms with Crippen LogP contribution >= 0.6 is 23.5 Å². The summed E-state index contributed by atoms with van der Waals surface area (Å²) in [7, 11) is 0. The third-order valence-corrected chi connectivity index (χ3v) is 7.07. The number of benzene rings is 1. The number of allylic oxidation sites excluding steroid dienone is 3. The van der Waals surface area contributed by atoms with Gasteiger partial charge in [0.1, 0.15) is 12.4 Å². The molecule has 0 saturated carbocycles. The molecule has 1 rings (SSSR count). The summed E-state index contributed by atoms with van der Waals surface area (Å²) in [4.78, 5) is 21.6. The number of carboxylic acid groups (broad SMARTS) is 2. The average molecular weight is 467 g/mol. The monoisotopic (exact) mass is 466 g/mol. The first-order valence-electron chi connectivity index (χ1n) is 10.7. The molecule has 0 amide bonds. The van der Waals surface area contributed by atoms with Crippen LogP contribution in [0.2, 0.25) is 0 Å². The van der Waals surface area contributed by atoms with Gasteiger partial charge in [-0.15, -0.1) is 23.5 Å². The van der Waals surface area contributed by atoms with Gasteiger partial charge < -0.3 is 14.9 Å². The molecule has 0 unspecified atom stereocenters. The molecule has 1 aromatic rings. The van der Waals surface area contributed by atoms with Crippen LogP contribution in [0.25, 0.3) is 0 Å². The maximum absolute atomic E-state index is 10.8. The van der Waals surface area contributed by atoms with E-state index in [1.54, 1.807) is 0 Å². The van der Waals surface area contributed by atoms with Crippen molar-refractivity contribution in [3.63, 3.8) is 0 Å². The fourth-order valence-electron chi connectivity index (χ4n) is 2.61. The van der Waals surface area contributed by atoms with Crippen molar-refractivity contribution in [1.29, 1.82) is 0 Å². The number of rotatable bonds is 18. The molecule has 0 radical (unpaired) electrons. The van der Waals surface area contributed by atoms with Gasteiger partial charge in [0.05, 0.1) is 17.4 Å². The Morgan fingerprint density at radius 2 is 1.68 bits per heavy atom. The lowest BCUT2D eigenvalue weighted by Crippen LogP contribution is -2.01. The number of hydrogen-bond donors (Lipinski definition) is 2. The second-order valence-electron chi connectivity index (χ2n) is 6.92. The van der Waals surface area contributed by atoms with Gasteiger partial charge in [0.15, 0.2) is 0 Å². The molecule has 0 atom stereocenters. The summed E-state index contributed by atoms with van der Waals surface area (Å²) < 4.78 is 5.79. The van der Waals surface area contributed by atoms with E-state index in [1.165, 1.54) is 42.8 Å². The third-order valence-electron chi connectivity index (χ3n) is 4.23. The first kappa shape index (κ1) is 27.2. The zero-order chi connectivity index (χ0) is 22.7. The van der Waals surface area contributed by atoms with Gasteiger partial charge in [-0.05, 0) is 37.0 Å². The Balaban J connectivity index is 2.52. The molecule has 0 bridgehead atoms. The summed E-state index contributed by atoms with van der Waals surface area (Å²) in [6.45, 7) is 2.69. The number of unbranched alkanes of at least 4 members (excludes halogenated alkanes) is 3. The quantitative estimate of drug-likeness (QED) is 0.144. The van der Waals surface area contributed by atoms with Gasteiger partial charge in [0, 0.05) is 11.5 Å². The van der Waals surface area contributed by atoms with Crippen molar-refractivity contribution in [2.75, 3.05) is 18.1 Å². The molecule has 2 N–H and O–H groups in total. The van der Waals surface area contributed by atoms with Crippen LogP contribution in [0.4, 0.5) is 0 Å². The van der Waals surface area contributed by atoms with Gasteiger partial charge in [0.2, 0.25) is 0 Å². The predicted molar refractivity (Wildman–Crippen MR) is 131 cm³/mol. The Labute approximate surface area is 194 Å². The summed E-state index contributed by atoms with van der Waals surface area (Å²) in [5.41, 5.74) is 1.00. The summed E-state index contributed by atoms with van der Waals surface area (Å²) in [6.07, 6.45) is 14.5. The smallest absolute Gasteiger partial charge is 0.304 e. The van der Waals surface area contributed by atoms with E-state index in [1.807, 2.05) is 30.3 Å². The number of hydrogen-bond acceptors (Lipinski definition) is 5. The second-order valence-corrected chi connectivity index (χ2v) is 9.64. The molecule has 0 heterocycles. The minimum Gasteiger partial charge on any atom is -0.490 e. The highest BCUT2D eigenvalue weighted by Gasteiger charge is 2.15. The molecule has 0 aliphatic rings. The van der Waals surface area contributed by atoms with E-state index < -0.39 is 11.9 Å². The minimum absolute atomic E-state index is 0.0318. The highest BCUT2D eigenvalue weighted by molar-refractivity contribution is 8.16. The van der Waals surface area contributed by atoms with Crippen molar-refractivity contribution in [3.8, 4) is 5.75 Å². The van der Waals surface area contributed by atoms with E-state index in [-0.39, 0.29) is 17.4 Å². The van der Waals surface area contributed by atoms with Crippen molar-refractivity contribution in [2.24, 2.45) is 0 Å². The van der Waals surface area contributed by atoms with Gasteiger partial charge >= 0.3 is 11.9 Å². The fourth-order valence-corrected chi connectivity index (χ4v) is 5.26. The molecule has 172 valence electrons. The molecule has 0 fully saturated rings. The van der Waals surface area contributed by atoms with Gasteiger partial charge in [0.25, 0.3) is 0 Å². The average Bonchev–Trinajstić information content (AvgIpc) is 2.74. The molecular weight excluding hydrogens is 432 g/mol. The van der Waals surface area contributed by atoms with Crippen LogP contribution in [0.1, 0.15) is 62.0 Å². The van der Waals surface area contributed by atoms with Crippen LogP contribution in [0, 0.1) is 0 Å². The second kappa shape index (κ2) is 17.8. The maximum atomic E-state index is 10.8. The molecule has 1 aromatic carbocycles. The Morgan fingerprint density at radius 1 is 1.00 bits per heavy atom. The molecule has 0 spiro atoms. The Hall–Kier alpha value is -1.86. The van der Waals surface area contributed by atoms with Crippen LogP contribution in [-0.4, -0.2) is 40.3 Å². The lowest BCUT2D eigenvalue weighted by molar-refractivity contribution is -0.137. The largest absolute Gasteiger partial charge is 0.490 e. The highest BCUT2D eigenvalue weighted by atomic mass is 32.2. The van der Waals surface area contributed by atoms with Crippen molar-refractivity contribution < 1.29 is 24.5 Å². The van der Waals surface area contributed by atoms with E-state index in [2.05, 4.69) is 25.2 Å². The van der Waals surface area contributed by atoms with Crippen LogP contribution in [0.15, 0.2) is 48.6 Å². The molecule has 0 aromatic heterocycles. The van der Waals surface area contributed by atoms with E-state index in [0.717, 1.165) is 24.2 Å². The van der Waals surface area contributed by atoms with Gasteiger partial charge in [-0.25, -0.2) is 0 Å². The first-order chi connectivity index (χ1) is 15.0. The number of aliphatic carboxylic acids is 2. The fraction of sp³-hybridized carbons (Fsp3) is 0.500. The van der Waals surface area contributed by atoms with Crippen LogP contribution < -0.4 is 4.74 Å². The standard InChI is InChI=1S/C24H34O5S2/c1-2-3-4-5-6-7-8-9-10-16-29-21-13-11-12-20(19-21)24(30-17-14-22(25)26)31-18-15-23(27)28/h6-7,9-13,19,24H,2-5,8,14-18H2,1H3,(H,25,26)(H,27,28)/b7-6+,10-9+. The lowest BCUT2D eigenvalue weighted by Gasteiger charge is -2.17. The zero-order valence-electron chi connectivity index (χ0n) is 18.2. The normalized spacial score (nSPS) is 11.5. The minimum atomic E-state index is -0.832. The zero-order valence-corrected chi connectivity index (χ0v) is 19.8. The number of thioether (sulfide) groups is 2. The Morgan fingerprint density at radius 3 is 2.32 bits per heavy atom. The summed E-state index contributed by atoms with van der Waals surface area (Å²) in [6, 6.07) is 7.73. The maximum Gasteiger partial charge on any atom is 0.304 e. The van der Waals surface area contributed by atoms with Crippen molar-refractivity contribution in [2.45, 2.75) is 56.5 Å². The number of ether oxygens (including phenoxy) is 1. The van der Waals surface area contributed by atoms with Crippen LogP contribution in [-0.2, 0) is 9.59 Å². The molecule has 0 saturated heterocycles. The molecule has 0 aliphatic heterocycles. The topological polar surface area (TPSA) is 83.8 Å². The van der Waals surface area contributed by atoms with E-state index in [9.17, 15) is 9.59 Å². The molecular formula is C24H34O5S2. The van der Waals surface area contributed by atoms with Crippen LogP contribution in [0.5, 0.6) is 5.75 Å².